The van der Waals surface area contributed by atoms with Crippen LogP contribution in [-0.4, -0.2) is 28.6 Å². The Morgan fingerprint density at radius 1 is 1.42 bits per heavy atom. The van der Waals surface area contributed by atoms with Gasteiger partial charge in [0.15, 0.2) is 0 Å². The van der Waals surface area contributed by atoms with E-state index in [1.165, 1.54) is 0 Å². The lowest BCUT2D eigenvalue weighted by Gasteiger charge is -2.08. The lowest BCUT2D eigenvalue weighted by molar-refractivity contribution is 0.0692. The number of amides is 2. The number of carbonyl (C=O) groups is 2. The van der Waals surface area contributed by atoms with Crippen LogP contribution in [0.15, 0.2) is 6.07 Å². The molecule has 6 nitrogen and oxygen atoms in total. The second-order valence-corrected chi connectivity index (χ2v) is 4.96. The van der Waals surface area contributed by atoms with Gasteiger partial charge in [0.1, 0.15) is 5.69 Å². The summed E-state index contributed by atoms with van der Waals surface area (Å²) in [6.45, 7) is 6.57. The molecule has 2 amide bonds. The van der Waals surface area contributed by atoms with E-state index in [2.05, 4.69) is 29.5 Å². The van der Waals surface area contributed by atoms with Gasteiger partial charge in [0, 0.05) is 12.2 Å². The van der Waals surface area contributed by atoms with Gasteiger partial charge >= 0.3 is 12.0 Å². The minimum atomic E-state index is -1.09. The zero-order valence-electron chi connectivity index (χ0n) is 11.5. The molecule has 1 aromatic heterocycles. The Balaban J connectivity index is 2.46. The number of carboxylic acid groups (broad SMARTS) is 1. The number of urea groups is 1. The van der Waals surface area contributed by atoms with Crippen LogP contribution in [-0.2, 0) is 0 Å². The molecule has 1 aromatic rings. The third-order valence-electron chi connectivity index (χ3n) is 2.66. The number of aromatic nitrogens is 1. The van der Waals surface area contributed by atoms with E-state index < -0.39 is 5.97 Å². The lowest BCUT2D eigenvalue weighted by Crippen LogP contribution is -2.30. The molecule has 0 radical (unpaired) electrons. The first-order chi connectivity index (χ1) is 8.90. The summed E-state index contributed by atoms with van der Waals surface area (Å²) in [6.07, 6.45) is 1.95. The number of H-pyrrole nitrogens is 1. The normalized spacial score (nSPS) is 10.5. The molecular formula is C13H21N3O3. The summed E-state index contributed by atoms with van der Waals surface area (Å²) in [5.74, 6) is -0.487. The van der Waals surface area contributed by atoms with Gasteiger partial charge in [-0.25, -0.2) is 9.59 Å². The molecule has 0 unspecified atom stereocenters. The van der Waals surface area contributed by atoms with Crippen LogP contribution in [0.2, 0.25) is 0 Å². The Hall–Kier alpha value is -1.98. The van der Waals surface area contributed by atoms with Gasteiger partial charge in [-0.1, -0.05) is 13.8 Å². The maximum absolute atomic E-state index is 11.6. The molecule has 0 spiro atoms. The van der Waals surface area contributed by atoms with E-state index in [1.54, 1.807) is 13.0 Å². The van der Waals surface area contributed by atoms with E-state index in [0.717, 1.165) is 12.8 Å². The van der Waals surface area contributed by atoms with Crippen LogP contribution in [0.1, 0.15) is 42.9 Å². The predicted molar refractivity (Wildman–Crippen MR) is 73.6 cm³/mol. The van der Waals surface area contributed by atoms with Crippen molar-refractivity contribution in [3.05, 3.63) is 17.5 Å². The standard InChI is InChI=1S/C13H21N3O3/c1-8(2)5-4-6-14-13(19)16-10-7-9(3)15-11(10)12(17)18/h7-8,15H,4-6H2,1-3H3,(H,17,18)(H2,14,16,19). The monoisotopic (exact) mass is 267 g/mol. The van der Waals surface area contributed by atoms with Crippen LogP contribution in [0.4, 0.5) is 10.5 Å². The SMILES string of the molecule is Cc1cc(NC(=O)NCCCC(C)C)c(C(=O)O)[nH]1. The highest BCUT2D eigenvalue weighted by Crippen LogP contribution is 2.16. The molecule has 6 heteroatoms. The summed E-state index contributed by atoms with van der Waals surface area (Å²) >= 11 is 0. The maximum Gasteiger partial charge on any atom is 0.354 e. The van der Waals surface area contributed by atoms with Gasteiger partial charge in [0.2, 0.25) is 0 Å². The first-order valence-electron chi connectivity index (χ1n) is 6.38. The number of hydrogen-bond acceptors (Lipinski definition) is 2. The van der Waals surface area contributed by atoms with Crippen molar-refractivity contribution in [2.45, 2.75) is 33.6 Å². The van der Waals surface area contributed by atoms with E-state index in [9.17, 15) is 9.59 Å². The molecule has 0 aliphatic rings. The van der Waals surface area contributed by atoms with E-state index in [4.69, 9.17) is 5.11 Å². The number of carboxylic acids is 1. The Morgan fingerprint density at radius 3 is 2.68 bits per heavy atom. The van der Waals surface area contributed by atoms with E-state index in [-0.39, 0.29) is 17.4 Å². The molecule has 19 heavy (non-hydrogen) atoms. The molecule has 0 fully saturated rings. The van der Waals surface area contributed by atoms with Crippen LogP contribution in [0.3, 0.4) is 0 Å². The van der Waals surface area contributed by atoms with Crippen molar-refractivity contribution in [2.24, 2.45) is 5.92 Å². The highest BCUT2D eigenvalue weighted by molar-refractivity contribution is 5.99. The first kappa shape index (κ1) is 15.1. The lowest BCUT2D eigenvalue weighted by atomic mass is 10.1. The molecule has 0 aliphatic carbocycles. The molecule has 0 saturated heterocycles. The van der Waals surface area contributed by atoms with E-state index in [0.29, 0.717) is 18.2 Å². The fraction of sp³-hybridized carbons (Fsp3) is 0.538. The predicted octanol–water partition coefficient (Wildman–Crippen LogP) is 2.58. The van der Waals surface area contributed by atoms with Crippen molar-refractivity contribution in [1.82, 2.24) is 10.3 Å². The third kappa shape index (κ3) is 5.03. The van der Waals surface area contributed by atoms with Crippen molar-refractivity contribution in [3.63, 3.8) is 0 Å². The van der Waals surface area contributed by atoms with Gasteiger partial charge in [-0.05, 0) is 31.7 Å². The minimum absolute atomic E-state index is 0.00479. The first-order valence-corrected chi connectivity index (χ1v) is 6.38. The number of aryl methyl sites for hydroxylation is 1. The average Bonchev–Trinajstić information content (AvgIpc) is 2.65. The van der Waals surface area contributed by atoms with Crippen LogP contribution in [0, 0.1) is 12.8 Å². The smallest absolute Gasteiger partial charge is 0.354 e. The van der Waals surface area contributed by atoms with Crippen LogP contribution >= 0.6 is 0 Å². The fourth-order valence-corrected chi connectivity index (χ4v) is 1.74. The molecule has 106 valence electrons. The number of aromatic carboxylic acids is 1. The van der Waals surface area contributed by atoms with Gasteiger partial charge in [-0.3, -0.25) is 0 Å². The Morgan fingerprint density at radius 2 is 2.11 bits per heavy atom. The molecule has 0 atom stereocenters. The highest BCUT2D eigenvalue weighted by Gasteiger charge is 2.14. The summed E-state index contributed by atoms with van der Waals surface area (Å²) in [6, 6.07) is 1.21. The summed E-state index contributed by atoms with van der Waals surface area (Å²) in [4.78, 5) is 25.3. The van der Waals surface area contributed by atoms with Crippen LogP contribution in [0.5, 0.6) is 0 Å². The number of carbonyl (C=O) groups excluding carboxylic acids is 1. The Bertz CT molecular complexity index is 452. The summed E-state index contributed by atoms with van der Waals surface area (Å²) in [5.41, 5.74) is 0.966. The maximum atomic E-state index is 11.6. The van der Waals surface area contributed by atoms with E-state index in [1.807, 2.05) is 0 Å². The molecule has 0 aromatic carbocycles. The quantitative estimate of drug-likeness (QED) is 0.597. The number of anilines is 1. The highest BCUT2D eigenvalue weighted by atomic mass is 16.4. The Labute approximate surface area is 112 Å². The fourth-order valence-electron chi connectivity index (χ4n) is 1.74. The van der Waals surface area contributed by atoms with Crippen LogP contribution in [0.25, 0.3) is 0 Å². The zero-order chi connectivity index (χ0) is 14.4. The van der Waals surface area contributed by atoms with Gasteiger partial charge in [0.25, 0.3) is 0 Å². The summed E-state index contributed by atoms with van der Waals surface area (Å²) in [7, 11) is 0. The third-order valence-corrected chi connectivity index (χ3v) is 2.66. The molecule has 1 heterocycles. The number of rotatable bonds is 6. The zero-order valence-corrected chi connectivity index (χ0v) is 11.5. The second kappa shape index (κ2) is 6.82. The molecule has 0 aliphatic heterocycles. The molecule has 0 bridgehead atoms. The van der Waals surface area contributed by atoms with Gasteiger partial charge < -0.3 is 20.7 Å². The summed E-state index contributed by atoms with van der Waals surface area (Å²) < 4.78 is 0. The molecular weight excluding hydrogens is 246 g/mol. The van der Waals surface area contributed by atoms with Crippen LogP contribution < -0.4 is 10.6 Å². The topological polar surface area (TPSA) is 94.2 Å². The molecule has 0 saturated carbocycles. The average molecular weight is 267 g/mol. The van der Waals surface area contributed by atoms with Crippen molar-refractivity contribution in [1.29, 1.82) is 0 Å². The molecule has 4 N–H and O–H groups in total. The van der Waals surface area contributed by atoms with Gasteiger partial charge in [0.05, 0.1) is 5.69 Å². The van der Waals surface area contributed by atoms with Crippen molar-refractivity contribution in [3.8, 4) is 0 Å². The molecule has 1 rings (SSSR count). The second-order valence-electron chi connectivity index (χ2n) is 4.96. The number of aromatic amines is 1. The van der Waals surface area contributed by atoms with E-state index >= 15 is 0 Å². The number of hydrogen-bond donors (Lipinski definition) is 4. The Kier molecular flexibility index (Phi) is 5.41. The van der Waals surface area contributed by atoms with Crippen molar-refractivity contribution in [2.75, 3.05) is 11.9 Å². The largest absolute Gasteiger partial charge is 0.477 e. The summed E-state index contributed by atoms with van der Waals surface area (Å²) in [5, 5.41) is 14.2. The van der Waals surface area contributed by atoms with Gasteiger partial charge in [-0.15, -0.1) is 0 Å². The van der Waals surface area contributed by atoms with Crippen molar-refractivity contribution >= 4 is 17.7 Å². The minimum Gasteiger partial charge on any atom is -0.477 e. The van der Waals surface area contributed by atoms with Gasteiger partial charge in [-0.2, -0.15) is 0 Å². The van der Waals surface area contributed by atoms with Crippen molar-refractivity contribution < 1.29 is 14.7 Å². The number of nitrogens with one attached hydrogen (secondary N) is 3.